The Balaban J connectivity index is 1.56. The molecule has 4 aromatic carbocycles. The van der Waals surface area contributed by atoms with Crippen molar-refractivity contribution < 1.29 is 14.3 Å². The van der Waals surface area contributed by atoms with Crippen molar-refractivity contribution in [2.45, 2.75) is 31.8 Å². The van der Waals surface area contributed by atoms with Gasteiger partial charge in [0.2, 0.25) is 5.91 Å². The Kier molecular flexibility index (Phi) is 7.97. The number of methoxy groups -OCH3 is 2. The van der Waals surface area contributed by atoms with Crippen molar-refractivity contribution in [3.05, 3.63) is 132 Å². The lowest BCUT2D eigenvalue weighted by molar-refractivity contribution is -0.121. The standard InChI is InChI=1S/C34H34N2O3/c1-4-36-23-31(29-17-11-12-18-32(29)36)30(26-19-27(38-2)21-28(20-26)39-3)22-33(37)35-34(24-13-7-5-8-14-24)25-15-9-6-10-16-25/h5-21,23,30,34H,4,22H2,1-3H3,(H,35,37)/t30-/m0/s1. The maximum atomic E-state index is 13.9. The average Bonchev–Trinajstić information content (AvgIpc) is 3.37. The molecule has 5 heteroatoms. The summed E-state index contributed by atoms with van der Waals surface area (Å²) in [6.45, 7) is 2.97. The minimum atomic E-state index is -0.252. The van der Waals surface area contributed by atoms with E-state index < -0.39 is 0 Å². The summed E-state index contributed by atoms with van der Waals surface area (Å²) in [7, 11) is 3.29. The van der Waals surface area contributed by atoms with E-state index in [4.69, 9.17) is 9.47 Å². The highest BCUT2D eigenvalue weighted by Gasteiger charge is 2.26. The first-order valence-electron chi connectivity index (χ1n) is 13.3. The first kappa shape index (κ1) is 26.1. The SMILES string of the molecule is CCn1cc([C@@H](CC(=O)NC(c2ccccc2)c2ccccc2)c2cc(OC)cc(OC)c2)c2ccccc21. The van der Waals surface area contributed by atoms with Crippen molar-refractivity contribution in [1.29, 1.82) is 0 Å². The maximum Gasteiger partial charge on any atom is 0.221 e. The number of benzene rings is 4. The van der Waals surface area contributed by atoms with Crippen LogP contribution in [-0.4, -0.2) is 24.7 Å². The number of hydrogen-bond acceptors (Lipinski definition) is 3. The molecule has 0 unspecified atom stereocenters. The summed E-state index contributed by atoms with van der Waals surface area (Å²) in [5.41, 5.74) is 5.31. The van der Waals surface area contributed by atoms with Gasteiger partial charge in [0.25, 0.3) is 0 Å². The highest BCUT2D eigenvalue weighted by molar-refractivity contribution is 5.87. The molecular weight excluding hydrogens is 484 g/mol. The Morgan fingerprint density at radius 3 is 1.90 bits per heavy atom. The number of ether oxygens (including phenoxy) is 2. The number of hydrogen-bond donors (Lipinski definition) is 1. The van der Waals surface area contributed by atoms with Crippen molar-refractivity contribution in [2.24, 2.45) is 0 Å². The van der Waals surface area contributed by atoms with Crippen LogP contribution in [0.3, 0.4) is 0 Å². The van der Waals surface area contributed by atoms with Crippen molar-refractivity contribution in [3.63, 3.8) is 0 Å². The Hall–Kier alpha value is -4.51. The number of carbonyl (C=O) groups excluding carboxylic acids is 1. The molecule has 0 radical (unpaired) electrons. The van der Waals surface area contributed by atoms with Crippen molar-refractivity contribution in [2.75, 3.05) is 14.2 Å². The van der Waals surface area contributed by atoms with E-state index in [0.717, 1.165) is 39.7 Å². The Bertz CT molecular complexity index is 1480. The molecule has 1 atom stereocenters. The van der Waals surface area contributed by atoms with Crippen LogP contribution in [0, 0.1) is 0 Å². The summed E-state index contributed by atoms with van der Waals surface area (Å²) in [5, 5.41) is 4.48. The van der Waals surface area contributed by atoms with Crippen LogP contribution in [0.15, 0.2) is 109 Å². The van der Waals surface area contributed by atoms with Gasteiger partial charge in [-0.15, -0.1) is 0 Å². The largest absolute Gasteiger partial charge is 0.497 e. The van der Waals surface area contributed by atoms with Gasteiger partial charge in [0.15, 0.2) is 0 Å². The van der Waals surface area contributed by atoms with E-state index in [1.807, 2.05) is 54.6 Å². The molecule has 0 fully saturated rings. The van der Waals surface area contributed by atoms with E-state index >= 15 is 0 Å². The van der Waals surface area contributed by atoms with Gasteiger partial charge in [-0.3, -0.25) is 4.79 Å². The summed E-state index contributed by atoms with van der Waals surface area (Å²) < 4.78 is 13.4. The molecule has 5 aromatic rings. The van der Waals surface area contributed by atoms with Crippen LogP contribution in [0.2, 0.25) is 0 Å². The van der Waals surface area contributed by atoms with E-state index in [2.05, 4.69) is 71.5 Å². The van der Waals surface area contributed by atoms with Gasteiger partial charge in [0, 0.05) is 42.0 Å². The molecule has 0 saturated carbocycles. The third kappa shape index (κ3) is 5.68. The van der Waals surface area contributed by atoms with Crippen LogP contribution in [0.4, 0.5) is 0 Å². The van der Waals surface area contributed by atoms with E-state index in [0.29, 0.717) is 11.5 Å². The van der Waals surface area contributed by atoms with Crippen LogP contribution < -0.4 is 14.8 Å². The second-order valence-corrected chi connectivity index (χ2v) is 9.61. The second-order valence-electron chi connectivity index (χ2n) is 9.61. The van der Waals surface area contributed by atoms with Crippen molar-refractivity contribution in [3.8, 4) is 11.5 Å². The van der Waals surface area contributed by atoms with Crippen LogP contribution >= 0.6 is 0 Å². The highest BCUT2D eigenvalue weighted by Crippen LogP contribution is 2.38. The van der Waals surface area contributed by atoms with Crippen LogP contribution in [-0.2, 0) is 11.3 Å². The molecule has 1 N–H and O–H groups in total. The first-order valence-corrected chi connectivity index (χ1v) is 13.3. The van der Waals surface area contributed by atoms with Gasteiger partial charge < -0.3 is 19.4 Å². The summed E-state index contributed by atoms with van der Waals surface area (Å²) in [6.07, 6.45) is 2.45. The number of rotatable bonds is 10. The van der Waals surface area contributed by atoms with E-state index in [1.165, 1.54) is 0 Å². The molecule has 198 valence electrons. The lowest BCUT2D eigenvalue weighted by Crippen LogP contribution is -2.30. The van der Waals surface area contributed by atoms with Gasteiger partial charge >= 0.3 is 0 Å². The number of fused-ring (bicyclic) bond motifs is 1. The van der Waals surface area contributed by atoms with Crippen molar-refractivity contribution >= 4 is 16.8 Å². The Labute approximate surface area is 230 Å². The molecule has 0 saturated heterocycles. The van der Waals surface area contributed by atoms with Gasteiger partial charge in [-0.1, -0.05) is 78.9 Å². The van der Waals surface area contributed by atoms with Crippen molar-refractivity contribution in [1.82, 2.24) is 9.88 Å². The average molecular weight is 519 g/mol. The number of aromatic nitrogens is 1. The molecule has 0 spiro atoms. The third-order valence-corrected chi connectivity index (χ3v) is 7.27. The summed E-state index contributed by atoms with van der Waals surface area (Å²) >= 11 is 0. The van der Waals surface area contributed by atoms with Gasteiger partial charge in [0.1, 0.15) is 11.5 Å². The Morgan fingerprint density at radius 1 is 0.769 bits per heavy atom. The molecule has 0 aliphatic heterocycles. The lowest BCUT2D eigenvalue weighted by atomic mass is 9.87. The zero-order valence-electron chi connectivity index (χ0n) is 22.6. The summed E-state index contributed by atoms with van der Waals surface area (Å²) in [6, 6.07) is 34.2. The van der Waals surface area contributed by atoms with Gasteiger partial charge in [0.05, 0.1) is 20.3 Å². The van der Waals surface area contributed by atoms with Gasteiger partial charge in [-0.05, 0) is 47.4 Å². The molecule has 0 aliphatic rings. The topological polar surface area (TPSA) is 52.5 Å². The van der Waals surface area contributed by atoms with Crippen LogP contribution in [0.5, 0.6) is 11.5 Å². The predicted molar refractivity (Wildman–Crippen MR) is 156 cm³/mol. The monoisotopic (exact) mass is 518 g/mol. The first-order chi connectivity index (χ1) is 19.1. The fraction of sp³-hybridized carbons (Fsp3) is 0.206. The van der Waals surface area contributed by atoms with E-state index in [1.54, 1.807) is 14.2 Å². The molecule has 1 amide bonds. The second kappa shape index (κ2) is 11.9. The van der Waals surface area contributed by atoms with Crippen LogP contribution in [0.25, 0.3) is 10.9 Å². The molecule has 39 heavy (non-hydrogen) atoms. The smallest absolute Gasteiger partial charge is 0.221 e. The normalized spacial score (nSPS) is 11.9. The molecule has 5 rings (SSSR count). The number of aryl methyl sites for hydroxylation is 1. The molecular formula is C34H34N2O3. The Morgan fingerprint density at radius 2 is 1.33 bits per heavy atom. The highest BCUT2D eigenvalue weighted by atomic mass is 16.5. The number of carbonyl (C=O) groups is 1. The fourth-order valence-electron chi connectivity index (χ4n) is 5.31. The van der Waals surface area contributed by atoms with Crippen LogP contribution in [0.1, 0.15) is 47.6 Å². The molecule has 0 bridgehead atoms. The number of amides is 1. The molecule has 1 aromatic heterocycles. The van der Waals surface area contributed by atoms with Gasteiger partial charge in [-0.25, -0.2) is 0 Å². The molecule has 0 aliphatic carbocycles. The number of nitrogens with zero attached hydrogens (tertiary/aromatic N) is 1. The fourth-order valence-corrected chi connectivity index (χ4v) is 5.31. The van der Waals surface area contributed by atoms with E-state index in [9.17, 15) is 4.79 Å². The zero-order valence-corrected chi connectivity index (χ0v) is 22.6. The quantitative estimate of drug-likeness (QED) is 0.214. The summed E-state index contributed by atoms with van der Waals surface area (Å²) in [4.78, 5) is 13.9. The van der Waals surface area contributed by atoms with E-state index in [-0.39, 0.29) is 24.3 Å². The number of para-hydroxylation sites is 1. The predicted octanol–water partition coefficient (Wildman–Crippen LogP) is 7.11. The molecule has 1 heterocycles. The third-order valence-electron chi connectivity index (χ3n) is 7.27. The minimum Gasteiger partial charge on any atom is -0.497 e. The summed E-state index contributed by atoms with van der Waals surface area (Å²) in [5.74, 6) is 1.15. The molecule has 5 nitrogen and oxygen atoms in total. The minimum absolute atomic E-state index is 0.0344. The van der Waals surface area contributed by atoms with Gasteiger partial charge in [-0.2, -0.15) is 0 Å². The lowest BCUT2D eigenvalue weighted by Gasteiger charge is -2.23. The maximum absolute atomic E-state index is 13.9. The number of nitrogens with one attached hydrogen (secondary N) is 1. The zero-order chi connectivity index (χ0) is 27.2.